The second-order valence-electron chi connectivity index (χ2n) is 4.31. The molecule has 0 aliphatic carbocycles. The maximum absolute atomic E-state index is 5.70. The fraction of sp³-hybridized carbons (Fsp3) is 0.538. The van der Waals surface area contributed by atoms with Crippen LogP contribution >= 0.6 is 24.0 Å². The molecule has 100 valence electrons. The number of nitrogens with zero attached hydrogens (tertiary/aromatic N) is 2. The van der Waals surface area contributed by atoms with Gasteiger partial charge in [-0.25, -0.2) is 0 Å². The Morgan fingerprint density at radius 2 is 2.33 bits per heavy atom. The summed E-state index contributed by atoms with van der Waals surface area (Å²) >= 11 is 6.92. The first-order chi connectivity index (χ1) is 8.60. The highest BCUT2D eigenvalue weighted by Crippen LogP contribution is 2.14. The number of pyridine rings is 1. The first kappa shape index (κ1) is 15.4. The van der Waals surface area contributed by atoms with E-state index in [1.165, 1.54) is 0 Å². The third-order valence-corrected chi connectivity index (χ3v) is 3.91. The standard InChI is InChI=1S/C13H21N3S2/c1-4-11(9-18-3)16(2)8-10-6-5-7-15-12(10)13(14)17/h5-7,11H,4,8-9H2,1-3H3,(H2,14,17). The van der Waals surface area contributed by atoms with Gasteiger partial charge < -0.3 is 5.73 Å². The first-order valence-electron chi connectivity index (χ1n) is 6.03. The molecule has 0 saturated heterocycles. The van der Waals surface area contributed by atoms with Gasteiger partial charge in [-0.15, -0.1) is 0 Å². The number of hydrogen-bond acceptors (Lipinski definition) is 4. The van der Waals surface area contributed by atoms with Crippen LogP contribution in [0.2, 0.25) is 0 Å². The van der Waals surface area contributed by atoms with E-state index in [1.54, 1.807) is 6.20 Å². The smallest absolute Gasteiger partial charge is 0.123 e. The molecule has 0 amide bonds. The molecular weight excluding hydrogens is 262 g/mol. The van der Waals surface area contributed by atoms with E-state index in [1.807, 2.05) is 23.9 Å². The average molecular weight is 283 g/mol. The Morgan fingerprint density at radius 1 is 1.61 bits per heavy atom. The number of thiocarbonyl (C=S) groups is 1. The molecule has 1 atom stereocenters. The maximum Gasteiger partial charge on any atom is 0.123 e. The van der Waals surface area contributed by atoms with Gasteiger partial charge in [0.15, 0.2) is 0 Å². The molecule has 0 fully saturated rings. The van der Waals surface area contributed by atoms with Gasteiger partial charge in [-0.1, -0.05) is 25.2 Å². The van der Waals surface area contributed by atoms with Crippen LogP contribution in [0.5, 0.6) is 0 Å². The summed E-state index contributed by atoms with van der Waals surface area (Å²) in [5.74, 6) is 1.13. The van der Waals surface area contributed by atoms with E-state index in [2.05, 4.69) is 30.1 Å². The Hall–Kier alpha value is -0.650. The monoisotopic (exact) mass is 283 g/mol. The highest BCUT2D eigenvalue weighted by molar-refractivity contribution is 7.98. The fourth-order valence-corrected chi connectivity index (χ4v) is 2.99. The minimum Gasteiger partial charge on any atom is -0.388 e. The summed E-state index contributed by atoms with van der Waals surface area (Å²) in [6.07, 6.45) is 5.01. The molecule has 0 spiro atoms. The SMILES string of the molecule is CCC(CSC)N(C)Cc1cccnc1C(N)=S. The van der Waals surface area contributed by atoms with E-state index in [4.69, 9.17) is 18.0 Å². The lowest BCUT2D eigenvalue weighted by atomic mass is 10.1. The van der Waals surface area contributed by atoms with Crippen LogP contribution in [0.4, 0.5) is 0 Å². The zero-order chi connectivity index (χ0) is 13.5. The largest absolute Gasteiger partial charge is 0.388 e. The van der Waals surface area contributed by atoms with Crippen molar-refractivity contribution in [2.75, 3.05) is 19.1 Å². The van der Waals surface area contributed by atoms with Crippen LogP contribution in [0, 0.1) is 0 Å². The van der Waals surface area contributed by atoms with Gasteiger partial charge in [0.25, 0.3) is 0 Å². The molecule has 1 rings (SSSR count). The zero-order valence-corrected chi connectivity index (χ0v) is 12.9. The minimum atomic E-state index is 0.372. The van der Waals surface area contributed by atoms with Gasteiger partial charge in [-0.3, -0.25) is 9.88 Å². The van der Waals surface area contributed by atoms with Gasteiger partial charge in [-0.2, -0.15) is 11.8 Å². The molecule has 1 heterocycles. The Morgan fingerprint density at radius 3 is 2.89 bits per heavy atom. The predicted octanol–water partition coefficient (Wildman–Crippen LogP) is 2.29. The van der Waals surface area contributed by atoms with Gasteiger partial charge in [0.05, 0.1) is 0 Å². The Kier molecular flexibility index (Phi) is 6.60. The molecule has 0 saturated carbocycles. The normalized spacial score (nSPS) is 12.7. The van der Waals surface area contributed by atoms with E-state index in [0.717, 1.165) is 30.0 Å². The predicted molar refractivity (Wildman–Crippen MR) is 84.1 cm³/mol. The molecule has 0 radical (unpaired) electrons. The van der Waals surface area contributed by atoms with Crippen molar-refractivity contribution in [3.63, 3.8) is 0 Å². The number of hydrogen-bond donors (Lipinski definition) is 1. The highest BCUT2D eigenvalue weighted by atomic mass is 32.2. The topological polar surface area (TPSA) is 42.2 Å². The van der Waals surface area contributed by atoms with Gasteiger partial charge in [0.2, 0.25) is 0 Å². The second-order valence-corrected chi connectivity index (χ2v) is 5.66. The molecule has 18 heavy (non-hydrogen) atoms. The van der Waals surface area contributed by atoms with Crippen LogP contribution in [-0.2, 0) is 6.54 Å². The first-order valence-corrected chi connectivity index (χ1v) is 7.83. The van der Waals surface area contributed by atoms with Crippen molar-refractivity contribution in [1.82, 2.24) is 9.88 Å². The molecule has 0 bridgehead atoms. The lowest BCUT2D eigenvalue weighted by molar-refractivity contribution is 0.247. The van der Waals surface area contributed by atoms with E-state index >= 15 is 0 Å². The molecule has 2 N–H and O–H groups in total. The number of nitrogens with two attached hydrogens (primary N) is 1. The summed E-state index contributed by atoms with van der Waals surface area (Å²) in [7, 11) is 2.14. The Labute approximate surface area is 119 Å². The van der Waals surface area contributed by atoms with Crippen LogP contribution in [-0.4, -0.2) is 40.0 Å². The molecule has 1 aromatic heterocycles. The molecule has 0 aliphatic heterocycles. The van der Waals surface area contributed by atoms with Gasteiger partial charge >= 0.3 is 0 Å². The van der Waals surface area contributed by atoms with Crippen molar-refractivity contribution in [3.8, 4) is 0 Å². The summed E-state index contributed by atoms with van der Waals surface area (Å²) in [5, 5.41) is 0. The second kappa shape index (κ2) is 7.71. The summed E-state index contributed by atoms with van der Waals surface area (Å²) in [6.45, 7) is 3.05. The summed E-state index contributed by atoms with van der Waals surface area (Å²) in [6, 6.07) is 4.55. The zero-order valence-electron chi connectivity index (χ0n) is 11.2. The molecule has 0 aliphatic rings. The Bertz CT molecular complexity index is 396. The van der Waals surface area contributed by atoms with Crippen molar-refractivity contribution in [2.24, 2.45) is 5.73 Å². The maximum atomic E-state index is 5.70. The Balaban J connectivity index is 2.80. The van der Waals surface area contributed by atoms with Gasteiger partial charge in [-0.05, 0) is 31.4 Å². The van der Waals surface area contributed by atoms with E-state index in [-0.39, 0.29) is 0 Å². The minimum absolute atomic E-state index is 0.372. The number of thioether (sulfide) groups is 1. The number of aromatic nitrogens is 1. The van der Waals surface area contributed by atoms with Crippen LogP contribution < -0.4 is 5.73 Å². The number of rotatable bonds is 7. The lowest BCUT2D eigenvalue weighted by Crippen LogP contribution is -2.33. The average Bonchev–Trinajstić information content (AvgIpc) is 2.36. The van der Waals surface area contributed by atoms with E-state index in [0.29, 0.717) is 11.0 Å². The van der Waals surface area contributed by atoms with Crippen molar-refractivity contribution in [2.45, 2.75) is 25.9 Å². The van der Waals surface area contributed by atoms with E-state index < -0.39 is 0 Å². The summed E-state index contributed by atoms with van der Waals surface area (Å²) < 4.78 is 0. The third kappa shape index (κ3) is 4.23. The highest BCUT2D eigenvalue weighted by Gasteiger charge is 2.15. The van der Waals surface area contributed by atoms with Crippen LogP contribution in [0.1, 0.15) is 24.6 Å². The lowest BCUT2D eigenvalue weighted by Gasteiger charge is -2.27. The van der Waals surface area contributed by atoms with E-state index in [9.17, 15) is 0 Å². The van der Waals surface area contributed by atoms with Crippen LogP contribution in [0.15, 0.2) is 18.3 Å². The molecule has 1 aromatic rings. The van der Waals surface area contributed by atoms with Crippen LogP contribution in [0.3, 0.4) is 0 Å². The quantitative estimate of drug-likeness (QED) is 0.778. The molecule has 1 unspecified atom stereocenters. The van der Waals surface area contributed by atoms with Crippen molar-refractivity contribution < 1.29 is 0 Å². The third-order valence-electron chi connectivity index (χ3n) is 3.00. The van der Waals surface area contributed by atoms with Crippen molar-refractivity contribution in [1.29, 1.82) is 0 Å². The van der Waals surface area contributed by atoms with Gasteiger partial charge in [0, 0.05) is 24.5 Å². The molecule has 3 nitrogen and oxygen atoms in total. The summed E-state index contributed by atoms with van der Waals surface area (Å²) in [4.78, 5) is 6.98. The fourth-order valence-electron chi connectivity index (χ4n) is 1.93. The van der Waals surface area contributed by atoms with Crippen LogP contribution in [0.25, 0.3) is 0 Å². The summed E-state index contributed by atoms with van der Waals surface area (Å²) in [5.41, 5.74) is 7.56. The van der Waals surface area contributed by atoms with Gasteiger partial charge in [0.1, 0.15) is 10.7 Å². The molecule has 0 aromatic carbocycles. The van der Waals surface area contributed by atoms with Crippen molar-refractivity contribution in [3.05, 3.63) is 29.6 Å². The van der Waals surface area contributed by atoms with Crippen molar-refractivity contribution >= 4 is 29.0 Å². The molecule has 5 heteroatoms. The molecular formula is C13H21N3S2.